The lowest BCUT2D eigenvalue weighted by Crippen LogP contribution is -2.30. The third-order valence-corrected chi connectivity index (χ3v) is 4.68. The van der Waals surface area contributed by atoms with Gasteiger partial charge in [-0.1, -0.05) is 6.07 Å². The summed E-state index contributed by atoms with van der Waals surface area (Å²) in [6.45, 7) is 3.23. The van der Waals surface area contributed by atoms with Gasteiger partial charge in [-0.15, -0.1) is 0 Å². The number of aromatic amines is 1. The lowest BCUT2D eigenvalue weighted by molar-refractivity contribution is 0.208. The van der Waals surface area contributed by atoms with Crippen LogP contribution in [-0.2, 0) is 6.54 Å². The Balaban J connectivity index is 1.76. The van der Waals surface area contributed by atoms with Crippen molar-refractivity contribution in [2.45, 2.75) is 25.8 Å². The van der Waals surface area contributed by atoms with E-state index in [2.05, 4.69) is 16.9 Å². The number of imidazole rings is 1. The number of piperidine rings is 1. The highest BCUT2D eigenvalue weighted by atomic mass is 32.1. The molecule has 0 unspecified atom stereocenters. The summed E-state index contributed by atoms with van der Waals surface area (Å²) < 4.78 is 16.4. The Hall–Kier alpha value is -1.20. The van der Waals surface area contributed by atoms with Crippen LogP contribution in [0.3, 0.4) is 0 Å². The molecule has 0 spiro atoms. The van der Waals surface area contributed by atoms with Crippen LogP contribution in [0, 0.1) is 16.5 Å². The summed E-state index contributed by atoms with van der Waals surface area (Å²) in [5.41, 5.74) is 1.41. The number of nitrogens with zero attached hydrogens (tertiary/aromatic N) is 2. The maximum Gasteiger partial charge on any atom is 0.178 e. The fourth-order valence-corrected chi connectivity index (χ4v) is 3.32. The zero-order valence-electron chi connectivity index (χ0n) is 11.7. The largest absolute Gasteiger partial charge is 0.328 e. The summed E-state index contributed by atoms with van der Waals surface area (Å²) in [4.78, 5) is 5.36. The predicted molar refractivity (Wildman–Crippen MR) is 81.9 cm³/mol. The van der Waals surface area contributed by atoms with Crippen molar-refractivity contribution in [3.8, 4) is 0 Å². The lowest BCUT2D eigenvalue weighted by atomic mass is 9.94. The molecule has 5 heteroatoms. The van der Waals surface area contributed by atoms with Gasteiger partial charge in [-0.2, -0.15) is 0 Å². The molecule has 1 aliphatic heterocycles. The van der Waals surface area contributed by atoms with Gasteiger partial charge in [-0.05, 0) is 69.7 Å². The third-order valence-electron chi connectivity index (χ3n) is 4.36. The normalized spacial score (nSPS) is 17.9. The molecule has 1 fully saturated rings. The van der Waals surface area contributed by atoms with Crippen LogP contribution >= 0.6 is 12.2 Å². The molecule has 0 radical (unpaired) electrons. The first-order valence-corrected chi connectivity index (χ1v) is 7.61. The molecule has 0 aliphatic carbocycles. The number of aromatic nitrogens is 2. The van der Waals surface area contributed by atoms with Gasteiger partial charge in [0.25, 0.3) is 0 Å². The van der Waals surface area contributed by atoms with E-state index in [-0.39, 0.29) is 5.82 Å². The molecular weight excluding hydrogens is 273 g/mol. The van der Waals surface area contributed by atoms with E-state index < -0.39 is 0 Å². The van der Waals surface area contributed by atoms with Crippen molar-refractivity contribution in [2.24, 2.45) is 5.92 Å². The lowest BCUT2D eigenvalue weighted by Gasteiger charge is -2.28. The van der Waals surface area contributed by atoms with Crippen molar-refractivity contribution in [3.05, 3.63) is 28.8 Å². The van der Waals surface area contributed by atoms with Crippen molar-refractivity contribution in [2.75, 3.05) is 20.1 Å². The van der Waals surface area contributed by atoms with Crippen molar-refractivity contribution < 1.29 is 4.39 Å². The maximum absolute atomic E-state index is 13.7. The van der Waals surface area contributed by atoms with Crippen LogP contribution in [0.25, 0.3) is 11.0 Å². The van der Waals surface area contributed by atoms with Crippen LogP contribution in [-0.4, -0.2) is 34.6 Å². The summed E-state index contributed by atoms with van der Waals surface area (Å²) in [5.74, 6) is 0.526. The van der Waals surface area contributed by atoms with Crippen molar-refractivity contribution in [3.63, 3.8) is 0 Å². The number of benzene rings is 1. The number of likely N-dealkylation sites (tertiary alicyclic amines) is 1. The third kappa shape index (κ3) is 2.65. The molecular formula is C15H20FN3S. The highest BCUT2D eigenvalue weighted by Gasteiger charge is 2.17. The summed E-state index contributed by atoms with van der Waals surface area (Å²) in [5, 5.41) is 0. The monoisotopic (exact) mass is 293 g/mol. The summed E-state index contributed by atoms with van der Waals surface area (Å²) in [7, 11) is 2.18. The molecule has 1 N–H and O–H groups in total. The average Bonchev–Trinajstić information content (AvgIpc) is 2.76. The Morgan fingerprint density at radius 2 is 2.10 bits per heavy atom. The van der Waals surface area contributed by atoms with Crippen molar-refractivity contribution >= 4 is 23.3 Å². The molecule has 3 rings (SSSR count). The zero-order valence-corrected chi connectivity index (χ0v) is 12.5. The molecule has 0 atom stereocenters. The fraction of sp³-hybridized carbons (Fsp3) is 0.533. The molecule has 108 valence electrons. The Morgan fingerprint density at radius 3 is 2.85 bits per heavy atom. The van der Waals surface area contributed by atoms with E-state index in [1.54, 1.807) is 6.07 Å². The van der Waals surface area contributed by atoms with Gasteiger partial charge in [0.2, 0.25) is 0 Å². The molecule has 1 aromatic carbocycles. The minimum Gasteiger partial charge on any atom is -0.328 e. The Morgan fingerprint density at radius 1 is 1.35 bits per heavy atom. The fourth-order valence-electron chi connectivity index (χ4n) is 3.03. The first-order valence-electron chi connectivity index (χ1n) is 7.20. The van der Waals surface area contributed by atoms with E-state index in [4.69, 9.17) is 12.2 Å². The predicted octanol–water partition coefficient (Wildman–Crippen LogP) is 3.57. The summed E-state index contributed by atoms with van der Waals surface area (Å²) in [6, 6.07) is 5.14. The van der Waals surface area contributed by atoms with E-state index in [1.165, 1.54) is 32.0 Å². The zero-order chi connectivity index (χ0) is 14.1. The van der Waals surface area contributed by atoms with Crippen LogP contribution in [0.15, 0.2) is 18.2 Å². The van der Waals surface area contributed by atoms with Crippen LogP contribution in [0.2, 0.25) is 0 Å². The standard InChI is InChI=1S/C15H20FN3S/c1-18-8-5-11(6-9-18)7-10-19-13-4-2-3-12(16)14(13)17-15(19)20/h2-4,11H,5-10H2,1H3,(H,17,20). The van der Waals surface area contributed by atoms with E-state index in [9.17, 15) is 4.39 Å². The summed E-state index contributed by atoms with van der Waals surface area (Å²) >= 11 is 5.33. The highest BCUT2D eigenvalue weighted by molar-refractivity contribution is 7.71. The Kier molecular flexibility index (Phi) is 3.89. The quantitative estimate of drug-likeness (QED) is 0.875. The second kappa shape index (κ2) is 5.66. The van der Waals surface area contributed by atoms with Gasteiger partial charge in [0, 0.05) is 6.54 Å². The number of halogens is 1. The molecule has 0 saturated carbocycles. The van der Waals surface area contributed by atoms with Gasteiger partial charge in [0.15, 0.2) is 4.77 Å². The number of rotatable bonds is 3. The van der Waals surface area contributed by atoms with Crippen LogP contribution < -0.4 is 0 Å². The van der Waals surface area contributed by atoms with Crippen molar-refractivity contribution in [1.29, 1.82) is 0 Å². The van der Waals surface area contributed by atoms with E-state index in [0.29, 0.717) is 10.3 Å². The number of hydrogen-bond acceptors (Lipinski definition) is 2. The van der Waals surface area contributed by atoms with E-state index in [1.807, 2.05) is 10.6 Å². The molecule has 2 aromatic rings. The van der Waals surface area contributed by atoms with Gasteiger partial charge < -0.3 is 14.5 Å². The van der Waals surface area contributed by atoms with E-state index in [0.717, 1.165) is 24.4 Å². The first kappa shape index (κ1) is 13.8. The smallest absolute Gasteiger partial charge is 0.178 e. The number of fused-ring (bicyclic) bond motifs is 1. The second-order valence-electron chi connectivity index (χ2n) is 5.75. The Bertz CT molecular complexity index is 653. The van der Waals surface area contributed by atoms with Crippen LogP contribution in [0.5, 0.6) is 0 Å². The summed E-state index contributed by atoms with van der Waals surface area (Å²) in [6.07, 6.45) is 3.62. The highest BCUT2D eigenvalue weighted by Crippen LogP contribution is 2.23. The topological polar surface area (TPSA) is 24.0 Å². The molecule has 3 nitrogen and oxygen atoms in total. The van der Waals surface area contributed by atoms with Crippen LogP contribution in [0.1, 0.15) is 19.3 Å². The van der Waals surface area contributed by atoms with Crippen LogP contribution in [0.4, 0.5) is 4.39 Å². The molecule has 2 heterocycles. The average molecular weight is 293 g/mol. The van der Waals surface area contributed by atoms with Gasteiger partial charge in [0.05, 0.1) is 5.52 Å². The minimum atomic E-state index is -0.230. The number of hydrogen-bond donors (Lipinski definition) is 1. The number of nitrogens with one attached hydrogen (secondary N) is 1. The SMILES string of the molecule is CN1CCC(CCn2c(=S)[nH]c3c(F)cccc32)CC1. The van der Waals surface area contributed by atoms with Gasteiger partial charge in [-0.25, -0.2) is 4.39 Å². The molecule has 1 saturated heterocycles. The first-order chi connectivity index (χ1) is 9.65. The van der Waals surface area contributed by atoms with Gasteiger partial charge in [-0.3, -0.25) is 0 Å². The minimum absolute atomic E-state index is 0.230. The number of para-hydroxylation sites is 1. The number of H-pyrrole nitrogens is 1. The van der Waals surface area contributed by atoms with Crippen molar-refractivity contribution in [1.82, 2.24) is 14.5 Å². The van der Waals surface area contributed by atoms with Gasteiger partial charge >= 0.3 is 0 Å². The van der Waals surface area contributed by atoms with Gasteiger partial charge in [0.1, 0.15) is 11.3 Å². The Labute approximate surface area is 123 Å². The molecule has 0 amide bonds. The molecule has 0 bridgehead atoms. The van der Waals surface area contributed by atoms with E-state index >= 15 is 0 Å². The molecule has 1 aromatic heterocycles. The number of aryl methyl sites for hydroxylation is 1. The maximum atomic E-state index is 13.7. The molecule has 1 aliphatic rings. The molecule has 20 heavy (non-hydrogen) atoms. The second-order valence-corrected chi connectivity index (χ2v) is 6.14.